The molecule has 1 aromatic carbocycles. The van der Waals surface area contributed by atoms with Gasteiger partial charge in [-0.15, -0.1) is 0 Å². The van der Waals surface area contributed by atoms with Gasteiger partial charge in [0, 0.05) is 11.7 Å². The zero-order valence-electron chi connectivity index (χ0n) is 10.9. The third-order valence-electron chi connectivity index (χ3n) is 3.54. The second-order valence-electron chi connectivity index (χ2n) is 5.04. The molecule has 2 rings (SSSR count). The molecule has 18 heavy (non-hydrogen) atoms. The van der Waals surface area contributed by atoms with Gasteiger partial charge in [-0.3, -0.25) is 4.79 Å². The van der Waals surface area contributed by atoms with Gasteiger partial charge in [0.2, 0.25) is 0 Å². The fourth-order valence-electron chi connectivity index (χ4n) is 2.46. The quantitative estimate of drug-likeness (QED) is 0.806. The minimum absolute atomic E-state index is 0.106. The number of methoxy groups -OCH3 is 1. The number of amides is 1. The van der Waals surface area contributed by atoms with Gasteiger partial charge in [0.1, 0.15) is 5.75 Å². The minimum Gasteiger partial charge on any atom is -0.497 e. The highest BCUT2D eigenvalue weighted by Gasteiger charge is 2.23. The molecule has 0 spiro atoms. The lowest BCUT2D eigenvalue weighted by atomic mass is 10.1. The normalized spacial score (nSPS) is 22.8. The van der Waals surface area contributed by atoms with Gasteiger partial charge in [-0.1, -0.05) is 6.92 Å². The molecule has 3 N–H and O–H groups in total. The molecule has 1 saturated carbocycles. The van der Waals surface area contributed by atoms with Crippen molar-refractivity contribution < 1.29 is 9.53 Å². The molecule has 0 aromatic heterocycles. The van der Waals surface area contributed by atoms with Crippen molar-refractivity contribution >= 4 is 11.6 Å². The van der Waals surface area contributed by atoms with Gasteiger partial charge in [-0.05, 0) is 43.4 Å². The number of hydrogen-bond donors (Lipinski definition) is 2. The average molecular weight is 248 g/mol. The Kier molecular flexibility index (Phi) is 3.75. The third-order valence-corrected chi connectivity index (χ3v) is 3.54. The summed E-state index contributed by atoms with van der Waals surface area (Å²) in [4.78, 5) is 12.1. The summed E-state index contributed by atoms with van der Waals surface area (Å²) in [5, 5.41) is 3.04. The Morgan fingerprint density at radius 3 is 2.83 bits per heavy atom. The molecule has 1 amide bonds. The number of nitrogen functional groups attached to an aromatic ring is 1. The van der Waals surface area contributed by atoms with Gasteiger partial charge in [0.25, 0.3) is 5.91 Å². The first kappa shape index (κ1) is 12.7. The van der Waals surface area contributed by atoms with Crippen LogP contribution in [0.4, 0.5) is 5.69 Å². The second kappa shape index (κ2) is 5.29. The molecule has 1 aliphatic carbocycles. The van der Waals surface area contributed by atoms with E-state index in [0.29, 0.717) is 22.9 Å². The van der Waals surface area contributed by atoms with E-state index in [0.717, 1.165) is 12.8 Å². The summed E-state index contributed by atoms with van der Waals surface area (Å²) in [6.07, 6.45) is 3.28. The fourth-order valence-corrected chi connectivity index (χ4v) is 2.46. The lowest BCUT2D eigenvalue weighted by Crippen LogP contribution is -2.33. The molecular formula is C14H20N2O2. The Hall–Kier alpha value is -1.71. The first-order valence-corrected chi connectivity index (χ1v) is 6.34. The van der Waals surface area contributed by atoms with E-state index in [1.807, 2.05) is 0 Å². The van der Waals surface area contributed by atoms with Gasteiger partial charge in [0.15, 0.2) is 0 Å². The summed E-state index contributed by atoms with van der Waals surface area (Å²) in [6.45, 7) is 2.21. The number of anilines is 1. The summed E-state index contributed by atoms with van der Waals surface area (Å²) in [5.74, 6) is 1.23. The van der Waals surface area contributed by atoms with E-state index in [2.05, 4.69) is 12.2 Å². The molecule has 2 unspecified atom stereocenters. The monoisotopic (exact) mass is 248 g/mol. The molecule has 1 fully saturated rings. The van der Waals surface area contributed by atoms with E-state index in [-0.39, 0.29) is 11.9 Å². The third kappa shape index (κ3) is 2.75. The summed E-state index contributed by atoms with van der Waals surface area (Å²) in [6, 6.07) is 5.41. The Labute approximate surface area is 108 Å². The van der Waals surface area contributed by atoms with E-state index in [9.17, 15) is 4.79 Å². The molecule has 4 nitrogen and oxygen atoms in total. The molecule has 4 heteroatoms. The van der Waals surface area contributed by atoms with E-state index in [1.165, 1.54) is 6.42 Å². The molecule has 0 heterocycles. The van der Waals surface area contributed by atoms with E-state index >= 15 is 0 Å². The highest BCUT2D eigenvalue weighted by Crippen LogP contribution is 2.26. The molecule has 0 aliphatic heterocycles. The predicted molar refractivity (Wildman–Crippen MR) is 71.7 cm³/mol. The van der Waals surface area contributed by atoms with Gasteiger partial charge < -0.3 is 15.8 Å². The number of carbonyl (C=O) groups excluding carboxylic acids is 1. The van der Waals surface area contributed by atoms with Crippen LogP contribution in [0, 0.1) is 5.92 Å². The Balaban J connectivity index is 2.08. The highest BCUT2D eigenvalue weighted by atomic mass is 16.5. The smallest absolute Gasteiger partial charge is 0.253 e. The maximum absolute atomic E-state index is 12.1. The molecule has 0 saturated heterocycles. The average Bonchev–Trinajstić information content (AvgIpc) is 2.75. The van der Waals surface area contributed by atoms with Crippen molar-refractivity contribution in [1.29, 1.82) is 0 Å². The van der Waals surface area contributed by atoms with Crippen molar-refractivity contribution in [3.05, 3.63) is 23.8 Å². The molecule has 1 aliphatic rings. The number of nitrogens with two attached hydrogens (primary N) is 1. The van der Waals surface area contributed by atoms with Gasteiger partial charge >= 0.3 is 0 Å². The van der Waals surface area contributed by atoms with Crippen LogP contribution in [0.3, 0.4) is 0 Å². The number of ether oxygens (including phenoxy) is 1. The molecule has 1 aromatic rings. The number of nitrogens with one attached hydrogen (secondary N) is 1. The minimum atomic E-state index is -0.106. The van der Waals surface area contributed by atoms with Crippen molar-refractivity contribution in [2.24, 2.45) is 5.92 Å². The molecule has 0 radical (unpaired) electrons. The standard InChI is InChI=1S/C14H20N2O2/c1-9-3-4-10(7-9)16-14(17)12-8-11(18-2)5-6-13(12)15/h5-6,8-10H,3-4,7,15H2,1-2H3,(H,16,17). The summed E-state index contributed by atoms with van der Waals surface area (Å²) in [7, 11) is 1.58. The van der Waals surface area contributed by atoms with Crippen LogP contribution < -0.4 is 15.8 Å². The first-order valence-electron chi connectivity index (χ1n) is 6.34. The summed E-state index contributed by atoms with van der Waals surface area (Å²) < 4.78 is 5.11. The lowest BCUT2D eigenvalue weighted by Gasteiger charge is -2.14. The van der Waals surface area contributed by atoms with Crippen molar-refractivity contribution in [2.75, 3.05) is 12.8 Å². The van der Waals surface area contributed by atoms with E-state index < -0.39 is 0 Å². The van der Waals surface area contributed by atoms with Gasteiger partial charge in [-0.25, -0.2) is 0 Å². The Morgan fingerprint density at radius 2 is 2.22 bits per heavy atom. The van der Waals surface area contributed by atoms with Crippen LogP contribution >= 0.6 is 0 Å². The molecule has 98 valence electrons. The zero-order chi connectivity index (χ0) is 13.1. The highest BCUT2D eigenvalue weighted by molar-refractivity contribution is 5.99. The van der Waals surface area contributed by atoms with Crippen molar-refractivity contribution in [2.45, 2.75) is 32.2 Å². The SMILES string of the molecule is COc1ccc(N)c(C(=O)NC2CCC(C)C2)c1. The number of rotatable bonds is 3. The second-order valence-corrected chi connectivity index (χ2v) is 5.04. The Morgan fingerprint density at radius 1 is 1.44 bits per heavy atom. The predicted octanol–water partition coefficient (Wildman–Crippen LogP) is 2.20. The number of hydrogen-bond acceptors (Lipinski definition) is 3. The molecular weight excluding hydrogens is 228 g/mol. The topological polar surface area (TPSA) is 64.3 Å². The lowest BCUT2D eigenvalue weighted by molar-refractivity contribution is 0.0938. The molecule has 0 bridgehead atoms. The van der Waals surface area contributed by atoms with Crippen molar-refractivity contribution in [3.8, 4) is 5.75 Å². The first-order chi connectivity index (χ1) is 8.60. The zero-order valence-corrected chi connectivity index (χ0v) is 10.9. The van der Waals surface area contributed by atoms with Crippen LogP contribution in [-0.2, 0) is 0 Å². The summed E-state index contributed by atoms with van der Waals surface area (Å²) >= 11 is 0. The maximum Gasteiger partial charge on any atom is 0.253 e. The van der Waals surface area contributed by atoms with Crippen molar-refractivity contribution in [3.63, 3.8) is 0 Å². The largest absolute Gasteiger partial charge is 0.497 e. The maximum atomic E-state index is 12.1. The van der Waals surface area contributed by atoms with E-state index in [1.54, 1.807) is 25.3 Å². The van der Waals surface area contributed by atoms with Crippen molar-refractivity contribution in [1.82, 2.24) is 5.32 Å². The van der Waals surface area contributed by atoms with Gasteiger partial charge in [0.05, 0.1) is 12.7 Å². The van der Waals surface area contributed by atoms with Crippen LogP contribution in [0.15, 0.2) is 18.2 Å². The van der Waals surface area contributed by atoms with Crippen LogP contribution in [-0.4, -0.2) is 19.1 Å². The Bertz CT molecular complexity index is 445. The van der Waals surface area contributed by atoms with Crippen LogP contribution in [0.1, 0.15) is 36.5 Å². The van der Waals surface area contributed by atoms with Gasteiger partial charge in [-0.2, -0.15) is 0 Å². The fraction of sp³-hybridized carbons (Fsp3) is 0.500. The number of benzene rings is 1. The molecule has 2 atom stereocenters. The number of carbonyl (C=O) groups is 1. The van der Waals surface area contributed by atoms with E-state index in [4.69, 9.17) is 10.5 Å². The van der Waals surface area contributed by atoms with Crippen LogP contribution in [0.2, 0.25) is 0 Å². The van der Waals surface area contributed by atoms with Crippen LogP contribution in [0.5, 0.6) is 5.75 Å². The van der Waals surface area contributed by atoms with Crippen LogP contribution in [0.25, 0.3) is 0 Å². The summed E-state index contributed by atoms with van der Waals surface area (Å²) in [5.41, 5.74) is 6.81.